The van der Waals surface area contributed by atoms with Crippen molar-refractivity contribution < 1.29 is 22.3 Å². The zero-order valence-electron chi connectivity index (χ0n) is 11.3. The van der Waals surface area contributed by atoms with E-state index in [1.54, 1.807) is 4.90 Å². The first-order chi connectivity index (χ1) is 8.70. The van der Waals surface area contributed by atoms with Gasteiger partial charge in [0.25, 0.3) is 11.8 Å². The van der Waals surface area contributed by atoms with E-state index in [1.807, 2.05) is 13.8 Å². The third-order valence-electron chi connectivity index (χ3n) is 3.97. The molecule has 2 fully saturated rings. The molecule has 1 aliphatic carbocycles. The van der Waals surface area contributed by atoms with E-state index in [1.165, 1.54) is 0 Å². The summed E-state index contributed by atoms with van der Waals surface area (Å²) in [6.45, 7) is 3.45. The molecule has 0 radical (unpaired) electrons. The van der Waals surface area contributed by atoms with Gasteiger partial charge >= 0.3 is 0 Å². The maximum absolute atomic E-state index is 13.8. The number of hydrogen-bond donors (Lipinski definition) is 0. The molecule has 19 heavy (non-hydrogen) atoms. The number of alkyl halides is 4. The maximum atomic E-state index is 13.8. The van der Waals surface area contributed by atoms with Crippen molar-refractivity contribution in [2.24, 2.45) is 0 Å². The van der Waals surface area contributed by atoms with E-state index in [4.69, 9.17) is 4.74 Å². The zero-order valence-corrected chi connectivity index (χ0v) is 11.3. The molecule has 0 unspecified atom stereocenters. The number of rotatable bonds is 3. The largest absolute Gasteiger partial charge is 0.367 e. The molecule has 112 valence electrons. The molecule has 0 aromatic rings. The molecule has 0 aromatic carbocycles. The van der Waals surface area contributed by atoms with Crippen molar-refractivity contribution in [2.45, 2.75) is 69.6 Å². The topological polar surface area (TPSA) is 12.5 Å². The molecule has 2 nitrogen and oxygen atoms in total. The second-order valence-electron chi connectivity index (χ2n) is 5.98. The Balaban J connectivity index is 1.95. The van der Waals surface area contributed by atoms with Gasteiger partial charge in [0.05, 0.1) is 12.6 Å². The lowest BCUT2D eigenvalue weighted by molar-refractivity contribution is -0.164. The molecule has 0 N–H and O–H groups in total. The van der Waals surface area contributed by atoms with E-state index in [2.05, 4.69) is 0 Å². The van der Waals surface area contributed by atoms with Crippen LogP contribution in [0.4, 0.5) is 17.6 Å². The van der Waals surface area contributed by atoms with E-state index in [-0.39, 0.29) is 25.6 Å². The van der Waals surface area contributed by atoms with Crippen LogP contribution in [0.15, 0.2) is 0 Å². The molecular weight excluding hydrogens is 262 g/mol. The van der Waals surface area contributed by atoms with Gasteiger partial charge in [0.1, 0.15) is 6.10 Å². The van der Waals surface area contributed by atoms with Crippen LogP contribution in [-0.4, -0.2) is 48.1 Å². The highest BCUT2D eigenvalue weighted by molar-refractivity contribution is 4.94. The minimum Gasteiger partial charge on any atom is -0.367 e. The summed E-state index contributed by atoms with van der Waals surface area (Å²) in [6, 6.07) is 0.00673. The summed E-state index contributed by atoms with van der Waals surface area (Å²) in [5, 5.41) is 0. The minimum absolute atomic E-state index is 0.00673. The molecule has 0 aromatic heterocycles. The van der Waals surface area contributed by atoms with Crippen molar-refractivity contribution in [2.75, 3.05) is 13.1 Å². The van der Waals surface area contributed by atoms with Gasteiger partial charge in [-0.2, -0.15) is 0 Å². The average molecular weight is 283 g/mol. The van der Waals surface area contributed by atoms with Crippen LogP contribution in [0.2, 0.25) is 0 Å². The Hall–Kier alpha value is -0.360. The SMILES string of the molecule is CC(C)N1C[C@H](O[C@H]2CCCC(F)(F)C2)C(F)(F)C1. The molecule has 1 aliphatic heterocycles. The highest BCUT2D eigenvalue weighted by Gasteiger charge is 2.51. The normalized spacial score (nSPS) is 34.9. The Labute approximate surface area is 111 Å². The van der Waals surface area contributed by atoms with Crippen LogP contribution in [0.1, 0.15) is 39.5 Å². The maximum Gasteiger partial charge on any atom is 0.287 e. The fourth-order valence-electron chi connectivity index (χ4n) is 2.79. The van der Waals surface area contributed by atoms with Crippen molar-refractivity contribution in [1.82, 2.24) is 4.90 Å². The first kappa shape index (κ1) is 15.0. The van der Waals surface area contributed by atoms with Gasteiger partial charge < -0.3 is 4.74 Å². The first-order valence-corrected chi connectivity index (χ1v) is 6.85. The Kier molecular flexibility index (Phi) is 4.12. The van der Waals surface area contributed by atoms with Crippen LogP contribution in [0.3, 0.4) is 0 Å². The van der Waals surface area contributed by atoms with Gasteiger partial charge in [0.15, 0.2) is 0 Å². The van der Waals surface area contributed by atoms with Crippen LogP contribution in [-0.2, 0) is 4.74 Å². The van der Waals surface area contributed by atoms with Gasteiger partial charge in [0.2, 0.25) is 0 Å². The summed E-state index contributed by atoms with van der Waals surface area (Å²) in [5.41, 5.74) is 0. The molecule has 6 heteroatoms. The lowest BCUT2D eigenvalue weighted by Gasteiger charge is -2.32. The van der Waals surface area contributed by atoms with Crippen LogP contribution in [0.25, 0.3) is 0 Å². The van der Waals surface area contributed by atoms with Crippen LogP contribution < -0.4 is 0 Å². The molecule has 2 rings (SSSR count). The average Bonchev–Trinajstić information content (AvgIpc) is 2.53. The Morgan fingerprint density at radius 2 is 1.89 bits per heavy atom. The second kappa shape index (κ2) is 5.20. The van der Waals surface area contributed by atoms with E-state index < -0.39 is 30.5 Å². The van der Waals surface area contributed by atoms with Crippen LogP contribution >= 0.6 is 0 Å². The molecule has 2 atom stereocenters. The number of likely N-dealkylation sites (tertiary alicyclic amines) is 1. The van der Waals surface area contributed by atoms with Gasteiger partial charge in [0, 0.05) is 25.4 Å². The van der Waals surface area contributed by atoms with E-state index in [9.17, 15) is 17.6 Å². The van der Waals surface area contributed by atoms with Crippen molar-refractivity contribution >= 4 is 0 Å². The predicted octanol–water partition coefficient (Wildman–Crippen LogP) is 3.31. The fraction of sp³-hybridized carbons (Fsp3) is 1.00. The Morgan fingerprint density at radius 1 is 1.21 bits per heavy atom. The summed E-state index contributed by atoms with van der Waals surface area (Å²) >= 11 is 0. The molecule has 1 heterocycles. The van der Waals surface area contributed by atoms with Crippen molar-refractivity contribution in [3.05, 3.63) is 0 Å². The van der Waals surface area contributed by atoms with E-state index >= 15 is 0 Å². The quantitative estimate of drug-likeness (QED) is 0.737. The third-order valence-corrected chi connectivity index (χ3v) is 3.97. The second-order valence-corrected chi connectivity index (χ2v) is 5.98. The van der Waals surface area contributed by atoms with Gasteiger partial charge in [-0.3, -0.25) is 4.90 Å². The lowest BCUT2D eigenvalue weighted by atomic mass is 9.94. The van der Waals surface area contributed by atoms with Gasteiger partial charge in [-0.05, 0) is 26.7 Å². The highest BCUT2D eigenvalue weighted by atomic mass is 19.3. The summed E-state index contributed by atoms with van der Waals surface area (Å²) < 4.78 is 59.4. The fourth-order valence-corrected chi connectivity index (χ4v) is 2.79. The standard InChI is InChI=1S/C13H21F4NO/c1-9(2)18-7-11(13(16,17)8-18)19-10-4-3-5-12(14,15)6-10/h9-11H,3-8H2,1-2H3/t10-,11-/m0/s1. The number of ether oxygens (including phenoxy) is 1. The molecule has 0 bridgehead atoms. The number of hydrogen-bond acceptors (Lipinski definition) is 2. The van der Waals surface area contributed by atoms with Gasteiger partial charge in [-0.15, -0.1) is 0 Å². The molecule has 0 amide bonds. The first-order valence-electron chi connectivity index (χ1n) is 6.85. The van der Waals surface area contributed by atoms with Gasteiger partial charge in [-0.25, -0.2) is 17.6 Å². The van der Waals surface area contributed by atoms with Crippen molar-refractivity contribution in [3.63, 3.8) is 0 Å². The summed E-state index contributed by atoms with van der Waals surface area (Å²) in [5.74, 6) is -5.72. The predicted molar refractivity (Wildman–Crippen MR) is 63.7 cm³/mol. The lowest BCUT2D eigenvalue weighted by Crippen LogP contribution is -2.40. The zero-order chi connectivity index (χ0) is 14.3. The summed E-state index contributed by atoms with van der Waals surface area (Å²) in [6.07, 6.45) is -1.80. The van der Waals surface area contributed by atoms with E-state index in [0.717, 1.165) is 0 Å². The summed E-state index contributed by atoms with van der Waals surface area (Å²) in [4.78, 5) is 1.63. The minimum atomic E-state index is -2.95. The number of halogens is 4. The smallest absolute Gasteiger partial charge is 0.287 e. The molecule has 0 spiro atoms. The van der Waals surface area contributed by atoms with Gasteiger partial charge in [-0.1, -0.05) is 0 Å². The molecule has 1 saturated heterocycles. The monoisotopic (exact) mass is 283 g/mol. The highest BCUT2D eigenvalue weighted by Crippen LogP contribution is 2.38. The van der Waals surface area contributed by atoms with E-state index in [0.29, 0.717) is 12.8 Å². The summed E-state index contributed by atoms with van der Waals surface area (Å²) in [7, 11) is 0. The van der Waals surface area contributed by atoms with Crippen molar-refractivity contribution in [1.29, 1.82) is 0 Å². The molecule has 2 aliphatic rings. The van der Waals surface area contributed by atoms with Crippen molar-refractivity contribution in [3.8, 4) is 0 Å². The van der Waals surface area contributed by atoms with Crippen LogP contribution in [0.5, 0.6) is 0 Å². The van der Waals surface area contributed by atoms with Crippen LogP contribution in [0, 0.1) is 0 Å². The molecular formula is C13H21F4NO. The number of nitrogens with zero attached hydrogens (tertiary/aromatic N) is 1. The Morgan fingerprint density at radius 3 is 2.42 bits per heavy atom. The third kappa shape index (κ3) is 3.60. The molecule has 1 saturated carbocycles. The Bertz CT molecular complexity index is 322.